The monoisotopic (exact) mass is 345 g/mol. The zero-order valence-corrected chi connectivity index (χ0v) is 13.4. The quantitative estimate of drug-likeness (QED) is 0.628. The predicted octanol–water partition coefficient (Wildman–Crippen LogP) is 1.15. The fraction of sp³-hybridized carbons (Fsp3) is 0.188. The first-order chi connectivity index (χ1) is 11.7. The first-order valence-corrected chi connectivity index (χ1v) is 8.12. The van der Waals surface area contributed by atoms with E-state index in [0.29, 0.717) is 11.5 Å². The summed E-state index contributed by atoms with van der Waals surface area (Å²) in [6.07, 6.45) is 0.752. The van der Waals surface area contributed by atoms with Crippen LogP contribution in [0.2, 0.25) is 0 Å². The molecule has 8 heteroatoms. The van der Waals surface area contributed by atoms with Crippen LogP contribution >= 0.6 is 11.3 Å². The molecule has 2 aromatic rings. The zero-order valence-electron chi connectivity index (χ0n) is 12.6. The van der Waals surface area contributed by atoms with E-state index >= 15 is 0 Å². The van der Waals surface area contributed by atoms with Gasteiger partial charge in [0.1, 0.15) is 6.61 Å². The number of fused-ring (bicyclic) bond motifs is 1. The third-order valence-electron chi connectivity index (χ3n) is 3.15. The second kappa shape index (κ2) is 7.60. The van der Waals surface area contributed by atoms with Gasteiger partial charge in [-0.15, -0.1) is 11.3 Å². The molecule has 3 rings (SSSR count). The number of ether oxygens (including phenoxy) is 2. The van der Waals surface area contributed by atoms with E-state index in [4.69, 9.17) is 9.47 Å². The van der Waals surface area contributed by atoms with Gasteiger partial charge < -0.3 is 14.8 Å². The zero-order chi connectivity index (χ0) is 16.8. The van der Waals surface area contributed by atoms with Crippen LogP contribution in [0.25, 0.3) is 0 Å². The Bertz CT molecular complexity index is 746. The molecule has 0 saturated carbocycles. The molecule has 0 radical (unpaired) electrons. The second-order valence-electron chi connectivity index (χ2n) is 4.89. The summed E-state index contributed by atoms with van der Waals surface area (Å²) in [4.78, 5) is 24.6. The maximum Gasteiger partial charge on any atom is 0.265 e. The number of hydrogen-bond donors (Lipinski definition) is 2. The molecule has 24 heavy (non-hydrogen) atoms. The molecule has 2 amide bonds. The molecule has 1 unspecified atom stereocenters. The number of amides is 2. The fourth-order valence-electron chi connectivity index (χ4n) is 2.00. The maximum atomic E-state index is 12.0. The summed E-state index contributed by atoms with van der Waals surface area (Å²) < 4.78 is 11.0. The van der Waals surface area contributed by atoms with Crippen molar-refractivity contribution in [2.24, 2.45) is 5.10 Å². The molecule has 124 valence electrons. The molecule has 1 aromatic heterocycles. The van der Waals surface area contributed by atoms with Gasteiger partial charge in [-0.1, -0.05) is 18.2 Å². The lowest BCUT2D eigenvalue weighted by atomic mass is 10.2. The number of nitrogens with zero attached hydrogens (tertiary/aromatic N) is 1. The average molecular weight is 345 g/mol. The number of nitrogens with one attached hydrogen (secondary N) is 2. The highest BCUT2D eigenvalue weighted by atomic mass is 32.1. The van der Waals surface area contributed by atoms with E-state index in [1.54, 1.807) is 24.4 Å². The van der Waals surface area contributed by atoms with Gasteiger partial charge in [0.2, 0.25) is 6.10 Å². The van der Waals surface area contributed by atoms with Crippen LogP contribution in [0.1, 0.15) is 4.88 Å². The number of rotatable bonds is 5. The van der Waals surface area contributed by atoms with Crippen molar-refractivity contribution in [2.75, 3.05) is 13.2 Å². The molecule has 2 N–H and O–H groups in total. The lowest BCUT2D eigenvalue weighted by Crippen LogP contribution is -2.46. The third kappa shape index (κ3) is 4.11. The van der Waals surface area contributed by atoms with E-state index in [-0.39, 0.29) is 13.2 Å². The summed E-state index contributed by atoms with van der Waals surface area (Å²) in [5, 5.41) is 8.22. The Kier molecular flexibility index (Phi) is 5.07. The number of hydrazone groups is 1. The number of hydrogen-bond acceptors (Lipinski definition) is 6. The van der Waals surface area contributed by atoms with Crippen molar-refractivity contribution in [3.8, 4) is 11.5 Å². The van der Waals surface area contributed by atoms with Crippen molar-refractivity contribution in [2.45, 2.75) is 6.10 Å². The first-order valence-electron chi connectivity index (χ1n) is 7.24. The van der Waals surface area contributed by atoms with E-state index in [9.17, 15) is 9.59 Å². The normalized spacial score (nSPS) is 15.9. The summed E-state index contributed by atoms with van der Waals surface area (Å²) in [7, 11) is 0. The van der Waals surface area contributed by atoms with Gasteiger partial charge in [0, 0.05) is 4.88 Å². The number of para-hydroxylation sites is 2. The second-order valence-corrected chi connectivity index (χ2v) is 5.87. The highest BCUT2D eigenvalue weighted by Gasteiger charge is 2.27. The van der Waals surface area contributed by atoms with E-state index in [0.717, 1.165) is 4.88 Å². The van der Waals surface area contributed by atoms with Crippen LogP contribution in [0.3, 0.4) is 0 Å². The Labute approximate surface area is 142 Å². The Morgan fingerprint density at radius 2 is 2.08 bits per heavy atom. The molecule has 0 bridgehead atoms. The minimum absolute atomic E-state index is 0.0982. The number of carbonyl (C=O) groups excluding carboxylic acids is 2. The molecule has 1 atom stereocenters. The lowest BCUT2D eigenvalue weighted by molar-refractivity contribution is -0.132. The van der Waals surface area contributed by atoms with Crippen molar-refractivity contribution in [1.82, 2.24) is 10.7 Å². The van der Waals surface area contributed by atoms with E-state index < -0.39 is 17.9 Å². The van der Waals surface area contributed by atoms with Gasteiger partial charge in [-0.2, -0.15) is 5.10 Å². The fourth-order valence-corrected chi connectivity index (χ4v) is 2.59. The smallest absolute Gasteiger partial charge is 0.265 e. The summed E-state index contributed by atoms with van der Waals surface area (Å²) >= 11 is 1.51. The Morgan fingerprint density at radius 3 is 2.88 bits per heavy atom. The van der Waals surface area contributed by atoms with Crippen LogP contribution in [0.15, 0.2) is 46.9 Å². The van der Waals surface area contributed by atoms with Gasteiger partial charge in [0.05, 0.1) is 12.8 Å². The van der Waals surface area contributed by atoms with Gasteiger partial charge in [-0.25, -0.2) is 5.43 Å². The Hall–Kier alpha value is -2.87. The standard InChI is InChI=1S/C16H15N3O4S/c20-15(19-18-8-11-4-3-7-24-11)9-17-16(21)14-10-22-12-5-1-2-6-13(12)23-14/h1-8,14H,9-10H2,(H,17,21)(H,19,20). The molecule has 1 aromatic carbocycles. The van der Waals surface area contributed by atoms with Crippen molar-refractivity contribution in [3.05, 3.63) is 46.7 Å². The van der Waals surface area contributed by atoms with Gasteiger partial charge in [-0.05, 0) is 23.6 Å². The first kappa shape index (κ1) is 16.0. The highest BCUT2D eigenvalue weighted by molar-refractivity contribution is 7.11. The van der Waals surface area contributed by atoms with Crippen molar-refractivity contribution in [1.29, 1.82) is 0 Å². The van der Waals surface area contributed by atoms with E-state index in [1.165, 1.54) is 11.3 Å². The minimum atomic E-state index is -0.790. The molecule has 2 heterocycles. The summed E-state index contributed by atoms with van der Waals surface area (Å²) in [5.41, 5.74) is 2.35. The molecular formula is C16H15N3O4S. The Balaban J connectivity index is 1.43. The predicted molar refractivity (Wildman–Crippen MR) is 89.4 cm³/mol. The van der Waals surface area contributed by atoms with Crippen LogP contribution in [0, 0.1) is 0 Å². The van der Waals surface area contributed by atoms with Gasteiger partial charge in [-0.3, -0.25) is 9.59 Å². The highest BCUT2D eigenvalue weighted by Crippen LogP contribution is 2.30. The number of carbonyl (C=O) groups is 2. The summed E-state index contributed by atoms with van der Waals surface area (Å²) in [6.45, 7) is -0.0941. The minimum Gasteiger partial charge on any atom is -0.485 e. The largest absolute Gasteiger partial charge is 0.485 e. The number of thiophene rings is 1. The summed E-state index contributed by atoms with van der Waals surface area (Å²) in [6, 6.07) is 10.9. The van der Waals surface area contributed by atoms with E-state index in [1.807, 2.05) is 23.6 Å². The summed E-state index contributed by atoms with van der Waals surface area (Å²) in [5.74, 6) is 0.270. The van der Waals surface area contributed by atoms with E-state index in [2.05, 4.69) is 15.8 Å². The lowest BCUT2D eigenvalue weighted by Gasteiger charge is -2.25. The van der Waals surface area contributed by atoms with Crippen LogP contribution in [-0.4, -0.2) is 37.3 Å². The third-order valence-corrected chi connectivity index (χ3v) is 3.96. The van der Waals surface area contributed by atoms with Crippen molar-refractivity contribution in [3.63, 3.8) is 0 Å². The molecule has 1 aliphatic rings. The molecule has 0 fully saturated rings. The van der Waals surface area contributed by atoms with Crippen LogP contribution < -0.4 is 20.2 Å². The molecule has 7 nitrogen and oxygen atoms in total. The average Bonchev–Trinajstić information content (AvgIpc) is 3.12. The molecular weight excluding hydrogens is 330 g/mol. The molecule has 0 saturated heterocycles. The van der Waals surface area contributed by atoms with Gasteiger partial charge in [0.15, 0.2) is 11.5 Å². The van der Waals surface area contributed by atoms with Gasteiger partial charge in [0.25, 0.3) is 11.8 Å². The Morgan fingerprint density at radius 1 is 1.25 bits per heavy atom. The molecule has 1 aliphatic heterocycles. The topological polar surface area (TPSA) is 89.0 Å². The van der Waals surface area contributed by atoms with Crippen LogP contribution in [0.4, 0.5) is 0 Å². The maximum absolute atomic E-state index is 12.0. The molecule has 0 aliphatic carbocycles. The molecule has 0 spiro atoms. The number of benzene rings is 1. The van der Waals surface area contributed by atoms with Gasteiger partial charge >= 0.3 is 0 Å². The van der Waals surface area contributed by atoms with Crippen molar-refractivity contribution < 1.29 is 19.1 Å². The van der Waals surface area contributed by atoms with Crippen LogP contribution in [0.5, 0.6) is 11.5 Å². The SMILES string of the molecule is O=C(CNC(=O)C1COc2ccccc2O1)NN=Cc1cccs1. The van der Waals surface area contributed by atoms with Crippen molar-refractivity contribution >= 4 is 29.4 Å². The van der Waals surface area contributed by atoms with Crippen LogP contribution in [-0.2, 0) is 9.59 Å².